The number of amides is 1. The maximum Gasteiger partial charge on any atom is 0.228 e. The molecule has 0 aliphatic carbocycles. The van der Waals surface area contributed by atoms with Gasteiger partial charge in [-0.2, -0.15) is 0 Å². The predicted molar refractivity (Wildman–Crippen MR) is 66.1 cm³/mol. The number of carbonyl (C=O) groups excluding carboxylic acids is 1. The molecule has 5 heteroatoms. The average Bonchev–Trinajstić information content (AvgIpc) is 2.28. The van der Waals surface area contributed by atoms with Crippen LogP contribution in [0.3, 0.4) is 0 Å². The summed E-state index contributed by atoms with van der Waals surface area (Å²) in [5.74, 6) is 0.390. The van der Waals surface area contributed by atoms with E-state index in [4.69, 9.17) is 15.9 Å². The number of nitrogens with one attached hydrogen (secondary N) is 2. The predicted octanol–water partition coefficient (Wildman–Crippen LogP) is 1.20. The van der Waals surface area contributed by atoms with Gasteiger partial charge in [-0.05, 0) is 24.6 Å². The van der Waals surface area contributed by atoms with Crippen LogP contribution in [0.1, 0.15) is 24.9 Å². The highest BCUT2D eigenvalue weighted by Gasteiger charge is 2.10. The first kappa shape index (κ1) is 13.0. The van der Waals surface area contributed by atoms with Gasteiger partial charge in [-0.3, -0.25) is 10.2 Å². The maximum absolute atomic E-state index is 11.4. The molecule has 5 nitrogen and oxygen atoms in total. The van der Waals surface area contributed by atoms with E-state index in [1.807, 2.05) is 31.2 Å². The summed E-state index contributed by atoms with van der Waals surface area (Å²) in [7, 11) is 1.60. The molecule has 1 atom stereocenters. The van der Waals surface area contributed by atoms with Gasteiger partial charge in [-0.25, -0.2) is 0 Å². The Morgan fingerprint density at radius 3 is 2.53 bits per heavy atom. The van der Waals surface area contributed by atoms with E-state index in [-0.39, 0.29) is 24.2 Å². The number of hydrogen-bond donors (Lipinski definition) is 3. The molecule has 0 saturated carbocycles. The Balaban J connectivity index is 2.59. The second-order valence-electron chi connectivity index (χ2n) is 3.76. The van der Waals surface area contributed by atoms with E-state index < -0.39 is 0 Å². The van der Waals surface area contributed by atoms with Crippen molar-refractivity contribution < 1.29 is 9.53 Å². The van der Waals surface area contributed by atoms with Crippen LogP contribution in [-0.4, -0.2) is 18.9 Å². The summed E-state index contributed by atoms with van der Waals surface area (Å²) in [6, 6.07) is 7.33. The molecule has 0 unspecified atom stereocenters. The summed E-state index contributed by atoms with van der Waals surface area (Å²) in [6.07, 6.45) is -0.0690. The van der Waals surface area contributed by atoms with E-state index in [1.165, 1.54) is 0 Å². The van der Waals surface area contributed by atoms with Crippen molar-refractivity contribution in [3.8, 4) is 5.75 Å². The zero-order valence-electron chi connectivity index (χ0n) is 9.99. The van der Waals surface area contributed by atoms with Crippen molar-refractivity contribution in [2.24, 2.45) is 5.73 Å². The van der Waals surface area contributed by atoms with Crippen molar-refractivity contribution in [3.05, 3.63) is 29.8 Å². The third-order valence-electron chi connectivity index (χ3n) is 2.34. The first-order valence-corrected chi connectivity index (χ1v) is 5.29. The monoisotopic (exact) mass is 235 g/mol. The van der Waals surface area contributed by atoms with Gasteiger partial charge >= 0.3 is 0 Å². The van der Waals surface area contributed by atoms with E-state index in [2.05, 4.69) is 5.32 Å². The molecule has 1 aromatic rings. The molecule has 0 aromatic heterocycles. The molecular weight excluding hydrogens is 218 g/mol. The second kappa shape index (κ2) is 5.89. The van der Waals surface area contributed by atoms with Crippen LogP contribution >= 0.6 is 0 Å². The van der Waals surface area contributed by atoms with E-state index in [9.17, 15) is 4.79 Å². The number of carbonyl (C=O) groups is 1. The normalized spacial score (nSPS) is 11.6. The Morgan fingerprint density at radius 1 is 1.47 bits per heavy atom. The molecule has 0 saturated heterocycles. The Bertz CT molecular complexity index is 401. The second-order valence-corrected chi connectivity index (χ2v) is 3.76. The van der Waals surface area contributed by atoms with Crippen LogP contribution in [0.2, 0.25) is 0 Å². The van der Waals surface area contributed by atoms with Gasteiger partial charge in [0.25, 0.3) is 0 Å². The standard InChI is InChI=1S/C12H17N3O2/c1-8(15-12(16)7-11(13)14)9-3-5-10(17-2)6-4-9/h3-6,8H,7H2,1-2H3,(H3,13,14)(H,15,16)/t8-/m1/s1. The molecule has 17 heavy (non-hydrogen) atoms. The number of rotatable bonds is 5. The molecule has 1 amide bonds. The third kappa shape index (κ3) is 4.14. The molecule has 0 heterocycles. The summed E-state index contributed by atoms with van der Waals surface area (Å²) in [5, 5.41) is 9.79. The molecule has 1 aromatic carbocycles. The molecule has 0 aliphatic heterocycles. The van der Waals surface area contributed by atoms with Gasteiger partial charge in [0.1, 0.15) is 5.75 Å². The van der Waals surface area contributed by atoms with E-state index in [1.54, 1.807) is 7.11 Å². The Hall–Kier alpha value is -2.04. The summed E-state index contributed by atoms with van der Waals surface area (Å²) in [5.41, 5.74) is 6.13. The van der Waals surface area contributed by atoms with Gasteiger partial charge in [0.2, 0.25) is 5.91 Å². The number of hydrogen-bond acceptors (Lipinski definition) is 3. The van der Waals surface area contributed by atoms with Crippen molar-refractivity contribution in [2.75, 3.05) is 7.11 Å². The van der Waals surface area contributed by atoms with E-state index in [0.29, 0.717) is 0 Å². The highest BCUT2D eigenvalue weighted by molar-refractivity contribution is 5.97. The van der Waals surface area contributed by atoms with Crippen LogP contribution in [0.5, 0.6) is 5.75 Å². The van der Waals surface area contributed by atoms with Crippen molar-refractivity contribution in [2.45, 2.75) is 19.4 Å². The zero-order chi connectivity index (χ0) is 12.8. The van der Waals surface area contributed by atoms with Gasteiger partial charge in [0.05, 0.1) is 25.4 Å². The fraction of sp³-hybridized carbons (Fsp3) is 0.333. The zero-order valence-corrected chi connectivity index (χ0v) is 9.99. The Kier molecular flexibility index (Phi) is 4.51. The van der Waals surface area contributed by atoms with Crippen LogP contribution in [0.15, 0.2) is 24.3 Å². The quantitative estimate of drug-likeness (QED) is 0.529. The third-order valence-corrected chi connectivity index (χ3v) is 2.34. The minimum absolute atomic E-state index is 0.0690. The van der Waals surface area contributed by atoms with Crippen LogP contribution in [-0.2, 0) is 4.79 Å². The topological polar surface area (TPSA) is 88.2 Å². The lowest BCUT2D eigenvalue weighted by Crippen LogP contribution is -2.30. The van der Waals surface area contributed by atoms with E-state index in [0.717, 1.165) is 11.3 Å². The summed E-state index contributed by atoms with van der Waals surface area (Å²) in [4.78, 5) is 11.4. The number of nitrogens with two attached hydrogens (primary N) is 1. The molecule has 0 fully saturated rings. The molecule has 0 spiro atoms. The van der Waals surface area contributed by atoms with Crippen molar-refractivity contribution >= 4 is 11.7 Å². The maximum atomic E-state index is 11.4. The highest BCUT2D eigenvalue weighted by atomic mass is 16.5. The lowest BCUT2D eigenvalue weighted by atomic mass is 10.1. The summed E-state index contributed by atoms with van der Waals surface area (Å²) < 4.78 is 5.05. The van der Waals surface area contributed by atoms with Crippen LogP contribution in [0, 0.1) is 5.41 Å². The average molecular weight is 235 g/mol. The largest absolute Gasteiger partial charge is 0.497 e. The van der Waals surface area contributed by atoms with Crippen LogP contribution < -0.4 is 15.8 Å². The molecular formula is C12H17N3O2. The molecule has 4 N–H and O–H groups in total. The van der Waals surface area contributed by atoms with Crippen LogP contribution in [0.4, 0.5) is 0 Å². The molecule has 0 aliphatic rings. The van der Waals surface area contributed by atoms with E-state index >= 15 is 0 Å². The SMILES string of the molecule is COc1ccc([C@@H](C)NC(=O)CC(=N)N)cc1. The van der Waals surface area contributed by atoms with Gasteiger partial charge in [0, 0.05) is 0 Å². The summed E-state index contributed by atoms with van der Waals surface area (Å²) >= 11 is 0. The van der Waals surface area contributed by atoms with Gasteiger partial charge in [-0.15, -0.1) is 0 Å². The van der Waals surface area contributed by atoms with Crippen molar-refractivity contribution in [3.63, 3.8) is 0 Å². The number of ether oxygens (including phenoxy) is 1. The molecule has 1 rings (SSSR count). The first-order chi connectivity index (χ1) is 8.02. The van der Waals surface area contributed by atoms with Crippen molar-refractivity contribution in [1.82, 2.24) is 5.32 Å². The number of amidine groups is 1. The lowest BCUT2D eigenvalue weighted by Gasteiger charge is -2.14. The Morgan fingerprint density at radius 2 is 2.06 bits per heavy atom. The smallest absolute Gasteiger partial charge is 0.228 e. The number of benzene rings is 1. The highest BCUT2D eigenvalue weighted by Crippen LogP contribution is 2.17. The summed E-state index contributed by atoms with van der Waals surface area (Å²) in [6.45, 7) is 1.87. The van der Waals surface area contributed by atoms with Gasteiger partial charge < -0.3 is 15.8 Å². The fourth-order valence-electron chi connectivity index (χ4n) is 1.44. The minimum Gasteiger partial charge on any atom is -0.497 e. The number of methoxy groups -OCH3 is 1. The Labute approximate surface area is 100 Å². The lowest BCUT2D eigenvalue weighted by molar-refractivity contribution is -0.120. The molecule has 92 valence electrons. The van der Waals surface area contributed by atoms with Gasteiger partial charge in [0.15, 0.2) is 0 Å². The minimum atomic E-state index is -0.249. The molecule has 0 bridgehead atoms. The fourth-order valence-corrected chi connectivity index (χ4v) is 1.44. The van der Waals surface area contributed by atoms with Crippen LogP contribution in [0.25, 0.3) is 0 Å². The van der Waals surface area contributed by atoms with Crippen molar-refractivity contribution in [1.29, 1.82) is 5.41 Å². The van der Waals surface area contributed by atoms with Gasteiger partial charge in [-0.1, -0.05) is 12.1 Å². The molecule has 0 radical (unpaired) electrons. The first-order valence-electron chi connectivity index (χ1n) is 5.29.